The number of unbranched alkanes of at least 4 members (excludes halogenated alkanes) is 4. The van der Waals surface area contributed by atoms with Crippen LogP contribution in [-0.2, 0) is 4.79 Å². The van der Waals surface area contributed by atoms with E-state index in [0.29, 0.717) is 0 Å². The number of primary amides is 1. The van der Waals surface area contributed by atoms with Gasteiger partial charge in [-0.3, -0.25) is 4.79 Å². The molecule has 0 bridgehead atoms. The van der Waals surface area contributed by atoms with E-state index in [9.17, 15) is 4.79 Å². The van der Waals surface area contributed by atoms with Gasteiger partial charge in [-0.25, -0.2) is 0 Å². The van der Waals surface area contributed by atoms with Crippen molar-refractivity contribution in [3.8, 4) is 0 Å². The molecule has 0 atom stereocenters. The predicted octanol–water partition coefficient (Wildman–Crippen LogP) is 9.56. The molecule has 0 aliphatic rings. The summed E-state index contributed by atoms with van der Waals surface area (Å²) in [4.78, 5) is 11.9. The summed E-state index contributed by atoms with van der Waals surface area (Å²) < 4.78 is 0. The zero-order valence-electron chi connectivity index (χ0n) is 23.3. The second-order valence-corrected chi connectivity index (χ2v) is 10.3. The number of hydrogen-bond acceptors (Lipinski definition) is 1. The third kappa shape index (κ3) is 13.0. The minimum absolute atomic E-state index is 0.243. The van der Waals surface area contributed by atoms with Crippen LogP contribution in [0.2, 0.25) is 0 Å². The topological polar surface area (TPSA) is 43.1 Å². The smallest absolute Gasteiger partial charge is 0.223 e. The van der Waals surface area contributed by atoms with Crippen LogP contribution in [0, 0.1) is 10.8 Å². The maximum atomic E-state index is 11.9. The lowest BCUT2D eigenvalue weighted by molar-refractivity contribution is -0.130. The highest BCUT2D eigenvalue weighted by atomic mass is 16.1. The van der Waals surface area contributed by atoms with E-state index in [1.807, 2.05) is 13.8 Å². The minimum Gasteiger partial charge on any atom is -0.369 e. The molecule has 0 aromatic carbocycles. The molecule has 0 aromatic rings. The average Bonchev–Trinajstić information content (AvgIpc) is 2.79. The summed E-state index contributed by atoms with van der Waals surface area (Å²) in [7, 11) is 0. The number of rotatable bonds is 18. The Morgan fingerprint density at radius 1 is 0.588 bits per heavy atom. The molecule has 2 N–H and O–H groups in total. The summed E-state index contributed by atoms with van der Waals surface area (Å²) in [5.41, 5.74) is 7.47. The highest BCUT2D eigenvalue weighted by Crippen LogP contribution is 2.45. The molecule has 0 aliphatic carbocycles. The molecular formula is C32H53NO. The Morgan fingerprint density at radius 3 is 1.24 bits per heavy atom. The van der Waals surface area contributed by atoms with E-state index in [1.165, 1.54) is 11.1 Å². The summed E-state index contributed by atoms with van der Waals surface area (Å²) in [6.45, 7) is 14.5. The fraction of sp³-hybridized carbons (Fsp3) is 0.594. The largest absolute Gasteiger partial charge is 0.369 e. The molecule has 0 radical (unpaired) electrons. The molecule has 0 aromatic heterocycles. The van der Waals surface area contributed by atoms with Crippen LogP contribution in [0.3, 0.4) is 0 Å². The Morgan fingerprint density at radius 2 is 0.912 bits per heavy atom. The highest BCUT2D eigenvalue weighted by Gasteiger charge is 2.43. The van der Waals surface area contributed by atoms with Crippen LogP contribution in [0.5, 0.6) is 0 Å². The van der Waals surface area contributed by atoms with Gasteiger partial charge in [-0.1, -0.05) is 99.6 Å². The number of hydrogen-bond donors (Lipinski definition) is 1. The first-order valence-corrected chi connectivity index (χ1v) is 13.3. The molecule has 0 aliphatic heterocycles. The fourth-order valence-corrected chi connectivity index (χ4v) is 3.68. The van der Waals surface area contributed by atoms with Crippen molar-refractivity contribution in [2.24, 2.45) is 16.6 Å². The molecule has 0 saturated carbocycles. The zero-order chi connectivity index (χ0) is 25.9. The van der Waals surface area contributed by atoms with Gasteiger partial charge in [0, 0.05) is 0 Å². The summed E-state index contributed by atoms with van der Waals surface area (Å²) in [5, 5.41) is 0. The third-order valence-corrected chi connectivity index (χ3v) is 7.34. The first-order chi connectivity index (χ1) is 16.1. The van der Waals surface area contributed by atoms with E-state index < -0.39 is 5.41 Å². The van der Waals surface area contributed by atoms with Crippen LogP contribution in [0.15, 0.2) is 71.9 Å². The van der Waals surface area contributed by atoms with E-state index in [2.05, 4.69) is 95.4 Å². The second kappa shape index (κ2) is 18.3. The molecule has 0 fully saturated rings. The summed E-state index contributed by atoms with van der Waals surface area (Å²) in [5.74, 6) is -0.243. The molecule has 2 heteroatoms. The Hall–Kier alpha value is -2.09. The van der Waals surface area contributed by atoms with Gasteiger partial charge in [0.25, 0.3) is 0 Å². The number of carbonyl (C=O) groups excluding carboxylic acids is 1. The van der Waals surface area contributed by atoms with Crippen molar-refractivity contribution in [1.82, 2.24) is 0 Å². The van der Waals surface area contributed by atoms with Crippen LogP contribution >= 0.6 is 0 Å². The van der Waals surface area contributed by atoms with Gasteiger partial charge >= 0.3 is 0 Å². The zero-order valence-corrected chi connectivity index (χ0v) is 23.3. The van der Waals surface area contributed by atoms with Crippen LogP contribution in [0.1, 0.15) is 113 Å². The van der Waals surface area contributed by atoms with Crippen molar-refractivity contribution in [1.29, 1.82) is 0 Å². The monoisotopic (exact) mass is 467 g/mol. The lowest BCUT2D eigenvalue weighted by Crippen LogP contribution is -2.44. The number of nitrogens with two attached hydrogens (primary N) is 1. The van der Waals surface area contributed by atoms with Gasteiger partial charge < -0.3 is 5.73 Å². The van der Waals surface area contributed by atoms with E-state index in [-0.39, 0.29) is 11.3 Å². The Balaban J connectivity index is 4.03. The first kappa shape index (κ1) is 31.9. The highest BCUT2D eigenvalue weighted by molar-refractivity contribution is 5.81. The SMILES string of the molecule is CC=CCCC=CCCC=CCCC=CCCC=CCCC(C)=C(C)C(C)(C)C(C)(C)C(N)=O. The van der Waals surface area contributed by atoms with Gasteiger partial charge in [-0.15, -0.1) is 0 Å². The fourth-order valence-electron chi connectivity index (χ4n) is 3.68. The van der Waals surface area contributed by atoms with Gasteiger partial charge in [-0.2, -0.15) is 0 Å². The second-order valence-electron chi connectivity index (χ2n) is 10.3. The maximum absolute atomic E-state index is 11.9. The van der Waals surface area contributed by atoms with E-state index >= 15 is 0 Å². The van der Waals surface area contributed by atoms with Crippen molar-refractivity contribution >= 4 is 5.91 Å². The van der Waals surface area contributed by atoms with Crippen molar-refractivity contribution in [3.63, 3.8) is 0 Å². The van der Waals surface area contributed by atoms with Crippen molar-refractivity contribution in [3.05, 3.63) is 71.9 Å². The molecule has 0 spiro atoms. The summed E-state index contributed by atoms with van der Waals surface area (Å²) in [6, 6.07) is 0. The number of carbonyl (C=O) groups is 1. The van der Waals surface area contributed by atoms with Crippen molar-refractivity contribution in [2.45, 2.75) is 113 Å². The normalized spacial score (nSPS) is 14.4. The van der Waals surface area contributed by atoms with Gasteiger partial charge in [0.1, 0.15) is 0 Å². The third-order valence-electron chi connectivity index (χ3n) is 7.34. The summed E-state index contributed by atoms with van der Waals surface area (Å²) in [6.07, 6.45) is 33.8. The maximum Gasteiger partial charge on any atom is 0.223 e. The molecule has 192 valence electrons. The van der Waals surface area contributed by atoms with Crippen molar-refractivity contribution in [2.75, 3.05) is 0 Å². The number of allylic oxidation sites excluding steroid dienone is 12. The minimum atomic E-state index is -0.570. The molecule has 0 heterocycles. The van der Waals surface area contributed by atoms with E-state index in [4.69, 9.17) is 5.73 Å². The van der Waals surface area contributed by atoms with Gasteiger partial charge in [0.2, 0.25) is 5.91 Å². The molecule has 0 rings (SSSR count). The van der Waals surface area contributed by atoms with Crippen LogP contribution in [0.4, 0.5) is 0 Å². The van der Waals surface area contributed by atoms with Gasteiger partial charge in [-0.05, 0) is 90.4 Å². The predicted molar refractivity (Wildman–Crippen MR) is 153 cm³/mol. The van der Waals surface area contributed by atoms with Gasteiger partial charge in [0.05, 0.1) is 5.41 Å². The lowest BCUT2D eigenvalue weighted by Gasteiger charge is -2.41. The molecule has 34 heavy (non-hydrogen) atoms. The molecule has 2 nitrogen and oxygen atoms in total. The molecular weight excluding hydrogens is 414 g/mol. The lowest BCUT2D eigenvalue weighted by atomic mass is 9.62. The quantitative estimate of drug-likeness (QED) is 0.158. The van der Waals surface area contributed by atoms with Gasteiger partial charge in [0.15, 0.2) is 0 Å². The van der Waals surface area contributed by atoms with Crippen LogP contribution < -0.4 is 5.73 Å². The van der Waals surface area contributed by atoms with Crippen LogP contribution in [0.25, 0.3) is 0 Å². The van der Waals surface area contributed by atoms with Crippen LogP contribution in [-0.4, -0.2) is 5.91 Å². The first-order valence-electron chi connectivity index (χ1n) is 13.3. The number of amides is 1. The Labute approximate surface area is 211 Å². The molecule has 1 amide bonds. The van der Waals surface area contributed by atoms with E-state index in [0.717, 1.165) is 64.2 Å². The standard InChI is InChI=1S/C32H53NO/c1-8-9-10-11-12-13-14-15-16-17-18-19-20-21-22-23-24-25-26-27-28(2)29(3)31(4,5)32(6,7)30(33)34/h8-9,12-13,16-17,20-21,24-25H,10-11,14-15,18-19,22-23,26-27H2,1-7H3,(H2,33,34). The van der Waals surface area contributed by atoms with E-state index in [1.54, 1.807) is 0 Å². The Bertz CT molecular complexity index is 741. The molecule has 0 unspecified atom stereocenters. The Kier molecular flexibility index (Phi) is 17.1. The average molecular weight is 468 g/mol. The molecule has 0 saturated heterocycles. The van der Waals surface area contributed by atoms with Crippen molar-refractivity contribution < 1.29 is 4.79 Å². The summed E-state index contributed by atoms with van der Waals surface area (Å²) >= 11 is 0.